The van der Waals surface area contributed by atoms with Gasteiger partial charge in [0, 0.05) is 18.5 Å². The number of nitrogens with one attached hydrogen (secondary N) is 1. The topological polar surface area (TPSA) is 71.5 Å². The molecule has 17 heavy (non-hydrogen) atoms. The zero-order chi connectivity index (χ0) is 12.4. The summed E-state index contributed by atoms with van der Waals surface area (Å²) in [5.74, 6) is 1.05. The minimum Gasteiger partial charge on any atom is -0.304 e. The standard InChI is InChI=1S/C12H14N4O/c1-7(2)9-4-10(17)16-12(15-9)11-13-5-8(3)6-14-11/h4-7H,1-3H3,(H,15,16,17). The lowest BCUT2D eigenvalue weighted by Crippen LogP contribution is -2.12. The fourth-order valence-electron chi connectivity index (χ4n) is 1.39. The van der Waals surface area contributed by atoms with Crippen molar-refractivity contribution < 1.29 is 0 Å². The molecular weight excluding hydrogens is 216 g/mol. The zero-order valence-electron chi connectivity index (χ0n) is 10.1. The Bertz CT molecular complexity index is 572. The maximum Gasteiger partial charge on any atom is 0.251 e. The van der Waals surface area contributed by atoms with Crippen LogP contribution in [-0.4, -0.2) is 19.9 Å². The van der Waals surface area contributed by atoms with Crippen molar-refractivity contribution in [2.75, 3.05) is 0 Å². The van der Waals surface area contributed by atoms with E-state index in [1.807, 2.05) is 20.8 Å². The number of aromatic nitrogens is 4. The molecule has 2 aromatic heterocycles. The van der Waals surface area contributed by atoms with Crippen LogP contribution in [-0.2, 0) is 0 Å². The molecule has 0 bridgehead atoms. The van der Waals surface area contributed by atoms with E-state index in [0.717, 1.165) is 11.3 Å². The average Bonchev–Trinajstić information content (AvgIpc) is 2.29. The molecule has 5 heteroatoms. The Morgan fingerprint density at radius 3 is 2.47 bits per heavy atom. The Balaban J connectivity index is 2.52. The molecule has 0 saturated heterocycles. The van der Waals surface area contributed by atoms with Crippen LogP contribution in [0, 0.1) is 6.92 Å². The number of H-pyrrole nitrogens is 1. The minimum absolute atomic E-state index is 0.178. The van der Waals surface area contributed by atoms with Crippen molar-refractivity contribution >= 4 is 0 Å². The van der Waals surface area contributed by atoms with E-state index in [1.54, 1.807) is 12.4 Å². The van der Waals surface area contributed by atoms with Crippen molar-refractivity contribution in [3.63, 3.8) is 0 Å². The fourth-order valence-corrected chi connectivity index (χ4v) is 1.39. The molecule has 5 nitrogen and oxygen atoms in total. The van der Waals surface area contributed by atoms with Crippen LogP contribution in [0.1, 0.15) is 31.0 Å². The number of nitrogens with zero attached hydrogens (tertiary/aromatic N) is 3. The van der Waals surface area contributed by atoms with Gasteiger partial charge in [0.1, 0.15) is 0 Å². The van der Waals surface area contributed by atoms with E-state index in [9.17, 15) is 4.79 Å². The van der Waals surface area contributed by atoms with Crippen LogP contribution in [0.2, 0.25) is 0 Å². The van der Waals surface area contributed by atoms with Gasteiger partial charge < -0.3 is 4.98 Å². The second-order valence-corrected chi connectivity index (χ2v) is 4.26. The van der Waals surface area contributed by atoms with Gasteiger partial charge in [-0.05, 0) is 18.4 Å². The summed E-state index contributed by atoms with van der Waals surface area (Å²) in [6.45, 7) is 5.88. The first-order chi connectivity index (χ1) is 8.06. The van der Waals surface area contributed by atoms with Crippen molar-refractivity contribution in [3.8, 4) is 11.6 Å². The van der Waals surface area contributed by atoms with Crippen molar-refractivity contribution in [1.29, 1.82) is 0 Å². The highest BCUT2D eigenvalue weighted by molar-refractivity contribution is 5.42. The molecule has 0 radical (unpaired) electrons. The summed E-state index contributed by atoms with van der Waals surface area (Å²) >= 11 is 0. The monoisotopic (exact) mass is 230 g/mol. The maximum atomic E-state index is 11.5. The summed E-state index contributed by atoms with van der Waals surface area (Å²) in [6, 6.07) is 1.50. The number of rotatable bonds is 2. The van der Waals surface area contributed by atoms with Crippen LogP contribution in [0.15, 0.2) is 23.3 Å². The smallest absolute Gasteiger partial charge is 0.251 e. The van der Waals surface area contributed by atoms with Crippen LogP contribution < -0.4 is 5.56 Å². The predicted molar refractivity (Wildman–Crippen MR) is 64.7 cm³/mol. The Labute approximate surface area is 99.0 Å². The molecule has 0 aliphatic rings. The van der Waals surface area contributed by atoms with Gasteiger partial charge in [-0.15, -0.1) is 0 Å². The van der Waals surface area contributed by atoms with E-state index in [0.29, 0.717) is 11.6 Å². The molecule has 2 rings (SSSR count). The van der Waals surface area contributed by atoms with E-state index in [2.05, 4.69) is 19.9 Å². The molecule has 0 fully saturated rings. The van der Waals surface area contributed by atoms with Gasteiger partial charge in [-0.2, -0.15) is 0 Å². The lowest BCUT2D eigenvalue weighted by molar-refractivity contribution is 0.809. The summed E-state index contributed by atoms with van der Waals surface area (Å²) in [5, 5.41) is 0. The minimum atomic E-state index is -0.178. The molecule has 0 aromatic carbocycles. The van der Waals surface area contributed by atoms with Crippen LogP contribution in [0.4, 0.5) is 0 Å². The van der Waals surface area contributed by atoms with E-state index >= 15 is 0 Å². The summed E-state index contributed by atoms with van der Waals surface area (Å²) in [7, 11) is 0. The SMILES string of the molecule is Cc1cnc(-c2nc(C(C)C)cc(=O)[nH]2)nc1. The van der Waals surface area contributed by atoms with Crippen LogP contribution in [0.5, 0.6) is 0 Å². The van der Waals surface area contributed by atoms with Gasteiger partial charge in [-0.25, -0.2) is 15.0 Å². The summed E-state index contributed by atoms with van der Waals surface area (Å²) in [5.41, 5.74) is 1.53. The average molecular weight is 230 g/mol. The Morgan fingerprint density at radius 2 is 1.88 bits per heavy atom. The molecule has 0 aliphatic heterocycles. The van der Waals surface area contributed by atoms with Crippen molar-refractivity contribution in [1.82, 2.24) is 19.9 Å². The molecule has 0 saturated carbocycles. The Kier molecular flexibility index (Phi) is 2.99. The molecule has 0 amide bonds. The quantitative estimate of drug-likeness (QED) is 0.851. The first kappa shape index (κ1) is 11.4. The summed E-state index contributed by atoms with van der Waals surface area (Å²) in [4.78, 5) is 26.8. The zero-order valence-corrected chi connectivity index (χ0v) is 10.1. The van der Waals surface area contributed by atoms with Crippen molar-refractivity contribution in [2.45, 2.75) is 26.7 Å². The van der Waals surface area contributed by atoms with E-state index in [1.165, 1.54) is 6.07 Å². The van der Waals surface area contributed by atoms with E-state index < -0.39 is 0 Å². The molecule has 0 aliphatic carbocycles. The van der Waals surface area contributed by atoms with E-state index in [-0.39, 0.29) is 11.5 Å². The number of hydrogen-bond acceptors (Lipinski definition) is 4. The first-order valence-electron chi connectivity index (χ1n) is 5.46. The van der Waals surface area contributed by atoms with Gasteiger partial charge in [0.25, 0.3) is 5.56 Å². The normalized spacial score (nSPS) is 10.8. The summed E-state index contributed by atoms with van der Waals surface area (Å²) in [6.07, 6.45) is 3.40. The second kappa shape index (κ2) is 4.45. The third kappa shape index (κ3) is 2.55. The van der Waals surface area contributed by atoms with Crippen LogP contribution >= 0.6 is 0 Å². The molecular formula is C12H14N4O. The Hall–Kier alpha value is -2.04. The highest BCUT2D eigenvalue weighted by Gasteiger charge is 2.08. The second-order valence-electron chi connectivity index (χ2n) is 4.26. The largest absolute Gasteiger partial charge is 0.304 e. The van der Waals surface area contributed by atoms with Gasteiger partial charge in [0.2, 0.25) is 0 Å². The van der Waals surface area contributed by atoms with Crippen LogP contribution in [0.3, 0.4) is 0 Å². The highest BCUT2D eigenvalue weighted by atomic mass is 16.1. The number of hydrogen-bond donors (Lipinski definition) is 1. The van der Waals surface area contributed by atoms with Gasteiger partial charge >= 0.3 is 0 Å². The molecule has 88 valence electrons. The predicted octanol–water partition coefficient (Wildman–Crippen LogP) is 1.66. The number of aryl methyl sites for hydroxylation is 1. The third-order valence-corrected chi connectivity index (χ3v) is 2.35. The number of aromatic amines is 1. The molecule has 0 unspecified atom stereocenters. The molecule has 2 heterocycles. The Morgan fingerprint density at radius 1 is 1.24 bits per heavy atom. The van der Waals surface area contributed by atoms with Gasteiger partial charge in [-0.1, -0.05) is 13.8 Å². The van der Waals surface area contributed by atoms with E-state index in [4.69, 9.17) is 0 Å². The summed E-state index contributed by atoms with van der Waals surface area (Å²) < 4.78 is 0. The molecule has 2 aromatic rings. The molecule has 0 spiro atoms. The lowest BCUT2D eigenvalue weighted by atomic mass is 10.1. The van der Waals surface area contributed by atoms with Crippen LogP contribution in [0.25, 0.3) is 11.6 Å². The van der Waals surface area contributed by atoms with Gasteiger partial charge in [-0.3, -0.25) is 4.79 Å². The highest BCUT2D eigenvalue weighted by Crippen LogP contribution is 2.12. The molecule has 1 N–H and O–H groups in total. The van der Waals surface area contributed by atoms with Crippen molar-refractivity contribution in [3.05, 3.63) is 40.1 Å². The van der Waals surface area contributed by atoms with Crippen molar-refractivity contribution in [2.24, 2.45) is 0 Å². The first-order valence-corrected chi connectivity index (χ1v) is 5.46. The lowest BCUT2D eigenvalue weighted by Gasteiger charge is -2.05. The maximum absolute atomic E-state index is 11.5. The van der Waals surface area contributed by atoms with Gasteiger partial charge in [0.05, 0.1) is 5.69 Å². The fraction of sp³-hybridized carbons (Fsp3) is 0.333. The molecule has 0 atom stereocenters. The van der Waals surface area contributed by atoms with Gasteiger partial charge in [0.15, 0.2) is 11.6 Å². The third-order valence-electron chi connectivity index (χ3n) is 2.35.